The van der Waals surface area contributed by atoms with Crippen molar-refractivity contribution in [3.8, 4) is 5.75 Å². The van der Waals surface area contributed by atoms with Crippen LogP contribution in [0.3, 0.4) is 0 Å². The summed E-state index contributed by atoms with van der Waals surface area (Å²) < 4.78 is 5.84. The Bertz CT molecular complexity index is 821. The lowest BCUT2D eigenvalue weighted by Gasteiger charge is -2.27. The molecule has 2 aromatic carbocycles. The van der Waals surface area contributed by atoms with Gasteiger partial charge in [-0.05, 0) is 68.0 Å². The van der Waals surface area contributed by atoms with E-state index >= 15 is 0 Å². The quantitative estimate of drug-likeness (QED) is 0.793. The van der Waals surface area contributed by atoms with Crippen molar-refractivity contribution in [2.24, 2.45) is 0 Å². The second kappa shape index (κ2) is 8.97. The maximum atomic E-state index is 12.8. The molecule has 0 aliphatic carbocycles. The third kappa shape index (κ3) is 5.06. The summed E-state index contributed by atoms with van der Waals surface area (Å²) in [4.78, 5) is 14.7. The van der Waals surface area contributed by atoms with Crippen LogP contribution in [0, 0.1) is 6.92 Å². The van der Waals surface area contributed by atoms with Gasteiger partial charge in [0.05, 0.1) is 5.02 Å². The molecular formula is C23H28ClNO3. The molecule has 1 saturated heterocycles. The minimum atomic E-state index is -0.964. The fraction of sp³-hybridized carbons (Fsp3) is 0.435. The van der Waals surface area contributed by atoms with Gasteiger partial charge < -0.3 is 14.7 Å². The van der Waals surface area contributed by atoms with Crippen molar-refractivity contribution < 1.29 is 14.6 Å². The highest BCUT2D eigenvalue weighted by atomic mass is 35.5. The topological polar surface area (TPSA) is 49.8 Å². The molecule has 0 saturated carbocycles. The number of hydrogen-bond donors (Lipinski definition) is 1. The van der Waals surface area contributed by atoms with Gasteiger partial charge in [-0.15, -0.1) is 0 Å². The van der Waals surface area contributed by atoms with E-state index in [2.05, 4.69) is 6.92 Å². The number of carbonyl (C=O) groups is 1. The monoisotopic (exact) mass is 401 g/mol. The lowest BCUT2D eigenvalue weighted by Crippen LogP contribution is -2.38. The van der Waals surface area contributed by atoms with Gasteiger partial charge in [-0.3, -0.25) is 4.79 Å². The number of aryl methyl sites for hydroxylation is 2. The number of aliphatic hydroxyl groups is 1. The van der Waals surface area contributed by atoms with Gasteiger partial charge in [-0.2, -0.15) is 0 Å². The molecular weight excluding hydrogens is 374 g/mol. The summed E-state index contributed by atoms with van der Waals surface area (Å²) in [5, 5.41) is 11.5. The van der Waals surface area contributed by atoms with E-state index in [9.17, 15) is 9.90 Å². The molecule has 28 heavy (non-hydrogen) atoms. The minimum Gasteiger partial charge on any atom is -0.489 e. The number of benzene rings is 2. The van der Waals surface area contributed by atoms with Gasteiger partial charge in [0.25, 0.3) is 5.91 Å². The largest absolute Gasteiger partial charge is 0.489 e. The predicted molar refractivity (Wildman–Crippen MR) is 112 cm³/mol. The molecule has 1 heterocycles. The standard InChI is InChI=1S/C23H28ClNO3/c1-3-18-6-8-19(9-7-18)22(26)25-13-4-11-23(27,12-14-25)16-28-21-15-17(2)5-10-20(21)24/h5-10,15,27H,3-4,11-14,16H2,1-2H3. The van der Waals surface area contributed by atoms with Crippen LogP contribution < -0.4 is 4.74 Å². The van der Waals surface area contributed by atoms with Gasteiger partial charge >= 0.3 is 0 Å². The first kappa shape index (κ1) is 20.7. The van der Waals surface area contributed by atoms with Crippen molar-refractivity contribution in [1.82, 2.24) is 4.90 Å². The summed E-state index contributed by atoms with van der Waals surface area (Å²) >= 11 is 6.19. The fourth-order valence-electron chi connectivity index (χ4n) is 3.53. The maximum absolute atomic E-state index is 12.8. The Morgan fingerprint density at radius 3 is 2.64 bits per heavy atom. The molecule has 3 rings (SSSR count). The number of likely N-dealkylation sites (tertiary alicyclic amines) is 1. The van der Waals surface area contributed by atoms with E-state index in [-0.39, 0.29) is 12.5 Å². The van der Waals surface area contributed by atoms with Gasteiger partial charge in [0.2, 0.25) is 0 Å². The van der Waals surface area contributed by atoms with Crippen LogP contribution >= 0.6 is 11.6 Å². The molecule has 0 spiro atoms. The molecule has 1 atom stereocenters. The summed E-state index contributed by atoms with van der Waals surface area (Å²) in [6.07, 6.45) is 2.76. The molecule has 1 N–H and O–H groups in total. The third-order valence-corrected chi connectivity index (χ3v) is 5.71. The first-order valence-electron chi connectivity index (χ1n) is 9.90. The fourth-order valence-corrected chi connectivity index (χ4v) is 3.70. The summed E-state index contributed by atoms with van der Waals surface area (Å²) in [5.74, 6) is 0.609. The molecule has 1 aliphatic rings. The summed E-state index contributed by atoms with van der Waals surface area (Å²) in [6.45, 7) is 5.39. The smallest absolute Gasteiger partial charge is 0.253 e. The second-order valence-corrected chi connectivity index (χ2v) is 8.05. The van der Waals surface area contributed by atoms with E-state index in [0.717, 1.165) is 18.4 Å². The first-order chi connectivity index (χ1) is 13.4. The highest BCUT2D eigenvalue weighted by Gasteiger charge is 2.32. The molecule has 1 unspecified atom stereocenters. The summed E-state index contributed by atoms with van der Waals surface area (Å²) in [6, 6.07) is 13.4. The molecule has 0 bridgehead atoms. The molecule has 150 valence electrons. The van der Waals surface area contributed by atoms with Gasteiger partial charge in [0, 0.05) is 18.7 Å². The zero-order valence-corrected chi connectivity index (χ0v) is 17.3. The highest BCUT2D eigenvalue weighted by Crippen LogP contribution is 2.29. The van der Waals surface area contributed by atoms with Crippen LogP contribution in [0.5, 0.6) is 5.75 Å². The Morgan fingerprint density at radius 1 is 1.18 bits per heavy atom. The highest BCUT2D eigenvalue weighted by molar-refractivity contribution is 6.32. The van der Waals surface area contributed by atoms with Gasteiger partial charge in [0.1, 0.15) is 18.0 Å². The predicted octanol–water partition coefficient (Wildman–Crippen LogP) is 4.65. The van der Waals surface area contributed by atoms with Crippen LogP contribution in [0.25, 0.3) is 0 Å². The average molecular weight is 402 g/mol. The Balaban J connectivity index is 1.61. The molecule has 5 heteroatoms. The van der Waals surface area contributed by atoms with Crippen LogP contribution in [-0.2, 0) is 6.42 Å². The van der Waals surface area contributed by atoms with Crippen molar-refractivity contribution >= 4 is 17.5 Å². The normalized spacial score (nSPS) is 19.9. The minimum absolute atomic E-state index is 0.0227. The molecule has 2 aromatic rings. The number of hydrogen-bond acceptors (Lipinski definition) is 3. The van der Waals surface area contributed by atoms with E-state index < -0.39 is 5.60 Å². The first-order valence-corrected chi connectivity index (χ1v) is 10.3. The average Bonchev–Trinajstić information content (AvgIpc) is 2.90. The summed E-state index contributed by atoms with van der Waals surface area (Å²) in [7, 11) is 0. The molecule has 4 nitrogen and oxygen atoms in total. The van der Waals surface area contributed by atoms with E-state index in [0.29, 0.717) is 42.3 Å². The van der Waals surface area contributed by atoms with Crippen molar-refractivity contribution in [2.75, 3.05) is 19.7 Å². The molecule has 1 fully saturated rings. The van der Waals surface area contributed by atoms with Gasteiger partial charge in [-0.1, -0.05) is 36.7 Å². The van der Waals surface area contributed by atoms with Gasteiger partial charge in [-0.25, -0.2) is 0 Å². The number of nitrogens with zero attached hydrogens (tertiary/aromatic N) is 1. The van der Waals surface area contributed by atoms with E-state index in [4.69, 9.17) is 16.3 Å². The second-order valence-electron chi connectivity index (χ2n) is 7.64. The van der Waals surface area contributed by atoms with Crippen molar-refractivity contribution in [3.63, 3.8) is 0 Å². The Labute approximate surface area is 172 Å². The van der Waals surface area contributed by atoms with Crippen LogP contribution in [-0.4, -0.2) is 41.2 Å². The van der Waals surface area contributed by atoms with E-state index in [1.807, 2.05) is 48.2 Å². The number of amides is 1. The zero-order valence-electron chi connectivity index (χ0n) is 16.6. The van der Waals surface area contributed by atoms with E-state index in [1.165, 1.54) is 5.56 Å². The molecule has 1 amide bonds. The Morgan fingerprint density at radius 2 is 1.93 bits per heavy atom. The van der Waals surface area contributed by atoms with Crippen molar-refractivity contribution in [3.05, 3.63) is 64.2 Å². The van der Waals surface area contributed by atoms with Crippen molar-refractivity contribution in [2.45, 2.75) is 45.1 Å². The lowest BCUT2D eigenvalue weighted by atomic mass is 9.96. The van der Waals surface area contributed by atoms with E-state index in [1.54, 1.807) is 6.07 Å². The third-order valence-electron chi connectivity index (χ3n) is 5.40. The molecule has 0 aromatic heterocycles. The Hall–Kier alpha value is -2.04. The molecule has 1 aliphatic heterocycles. The van der Waals surface area contributed by atoms with Crippen LogP contribution in [0.15, 0.2) is 42.5 Å². The van der Waals surface area contributed by atoms with Crippen LogP contribution in [0.4, 0.5) is 0 Å². The number of halogens is 1. The van der Waals surface area contributed by atoms with Crippen LogP contribution in [0.1, 0.15) is 47.7 Å². The Kier molecular flexibility index (Phi) is 6.63. The van der Waals surface area contributed by atoms with Crippen molar-refractivity contribution in [1.29, 1.82) is 0 Å². The summed E-state index contributed by atoms with van der Waals surface area (Å²) in [5.41, 5.74) is 2.01. The zero-order chi connectivity index (χ0) is 20.1. The number of carbonyl (C=O) groups excluding carboxylic acids is 1. The molecule has 0 radical (unpaired) electrons. The number of rotatable bonds is 5. The number of ether oxygens (including phenoxy) is 1. The van der Waals surface area contributed by atoms with Gasteiger partial charge in [0.15, 0.2) is 0 Å². The SMILES string of the molecule is CCc1ccc(C(=O)N2CCCC(O)(COc3cc(C)ccc3Cl)CC2)cc1. The maximum Gasteiger partial charge on any atom is 0.253 e. The van der Waals surface area contributed by atoms with Crippen LogP contribution in [0.2, 0.25) is 5.02 Å². The lowest BCUT2D eigenvalue weighted by molar-refractivity contribution is -0.0163.